The quantitative estimate of drug-likeness (QED) is 0.896. The maximum atomic E-state index is 13.3. The lowest BCUT2D eigenvalue weighted by Crippen LogP contribution is -2.30. The largest absolute Gasteiger partial charge is 0.334 e. The minimum atomic E-state index is -0.702. The predicted molar refractivity (Wildman–Crippen MR) is 61.9 cm³/mol. The van der Waals surface area contributed by atoms with Crippen molar-refractivity contribution in [1.29, 1.82) is 0 Å². The van der Waals surface area contributed by atoms with Gasteiger partial charge in [0.15, 0.2) is 5.82 Å². The van der Waals surface area contributed by atoms with Crippen LogP contribution in [0, 0.1) is 5.82 Å². The van der Waals surface area contributed by atoms with Gasteiger partial charge >= 0.3 is 0 Å². The first-order valence-corrected chi connectivity index (χ1v) is 5.34. The van der Waals surface area contributed by atoms with Gasteiger partial charge in [0.2, 0.25) is 0 Å². The molecule has 1 heterocycles. The summed E-state index contributed by atoms with van der Waals surface area (Å²) >= 11 is 5.58. The first-order chi connectivity index (χ1) is 7.88. The number of nitrogens with zero attached hydrogens (tertiary/aromatic N) is 2. The van der Waals surface area contributed by atoms with Crippen molar-refractivity contribution in [3.8, 4) is 11.5 Å². The Morgan fingerprint density at radius 3 is 2.65 bits per heavy atom. The fourth-order valence-corrected chi connectivity index (χ4v) is 1.35. The fraction of sp³-hybridized carbons (Fsp3) is 0.273. The second-order valence-electron chi connectivity index (χ2n) is 4.27. The van der Waals surface area contributed by atoms with Crippen LogP contribution in [0.15, 0.2) is 22.7 Å². The van der Waals surface area contributed by atoms with E-state index in [0.29, 0.717) is 11.4 Å². The maximum Gasteiger partial charge on any atom is 0.258 e. The maximum absolute atomic E-state index is 13.3. The van der Waals surface area contributed by atoms with E-state index in [-0.39, 0.29) is 10.9 Å². The Morgan fingerprint density at radius 2 is 2.12 bits per heavy atom. The molecule has 0 radical (unpaired) electrons. The fourth-order valence-electron chi connectivity index (χ4n) is 1.23. The van der Waals surface area contributed by atoms with Crippen molar-refractivity contribution in [2.45, 2.75) is 19.4 Å². The molecular formula is C11H11ClFN3O. The van der Waals surface area contributed by atoms with E-state index in [4.69, 9.17) is 21.9 Å². The van der Waals surface area contributed by atoms with E-state index >= 15 is 0 Å². The molecule has 1 aromatic heterocycles. The number of hydrogen-bond donors (Lipinski definition) is 1. The first-order valence-electron chi connectivity index (χ1n) is 4.96. The average molecular weight is 256 g/mol. The van der Waals surface area contributed by atoms with Crippen molar-refractivity contribution < 1.29 is 8.91 Å². The molecule has 0 amide bonds. The first kappa shape index (κ1) is 12.0. The Labute approximate surface area is 103 Å². The molecule has 17 heavy (non-hydrogen) atoms. The molecule has 0 spiro atoms. The van der Waals surface area contributed by atoms with E-state index < -0.39 is 11.4 Å². The van der Waals surface area contributed by atoms with Gasteiger partial charge in [0.25, 0.3) is 5.89 Å². The van der Waals surface area contributed by atoms with Gasteiger partial charge in [-0.15, -0.1) is 0 Å². The lowest BCUT2D eigenvalue weighted by molar-refractivity contribution is 0.397. The van der Waals surface area contributed by atoms with E-state index in [9.17, 15) is 4.39 Å². The number of aromatic nitrogens is 2. The molecule has 0 saturated heterocycles. The van der Waals surface area contributed by atoms with Gasteiger partial charge in [-0.2, -0.15) is 4.98 Å². The van der Waals surface area contributed by atoms with Crippen molar-refractivity contribution in [2.24, 2.45) is 5.73 Å². The van der Waals surface area contributed by atoms with Gasteiger partial charge in [-0.05, 0) is 32.0 Å². The van der Waals surface area contributed by atoms with Crippen molar-refractivity contribution in [3.63, 3.8) is 0 Å². The van der Waals surface area contributed by atoms with Crippen LogP contribution in [-0.4, -0.2) is 10.1 Å². The van der Waals surface area contributed by atoms with Gasteiger partial charge in [-0.1, -0.05) is 16.8 Å². The van der Waals surface area contributed by atoms with Crippen LogP contribution in [0.4, 0.5) is 4.39 Å². The van der Waals surface area contributed by atoms with Crippen LogP contribution in [0.25, 0.3) is 11.5 Å². The van der Waals surface area contributed by atoms with Crippen LogP contribution in [-0.2, 0) is 5.54 Å². The van der Waals surface area contributed by atoms with Crippen LogP contribution < -0.4 is 5.73 Å². The Bertz CT molecular complexity index is 548. The molecule has 0 fully saturated rings. The van der Waals surface area contributed by atoms with E-state index in [2.05, 4.69) is 10.1 Å². The molecule has 0 bridgehead atoms. The van der Waals surface area contributed by atoms with Gasteiger partial charge in [-0.25, -0.2) is 4.39 Å². The summed E-state index contributed by atoms with van der Waals surface area (Å²) in [6, 6.07) is 4.28. The predicted octanol–water partition coefficient (Wildman–Crippen LogP) is 2.72. The molecular weight excluding hydrogens is 245 g/mol. The van der Waals surface area contributed by atoms with E-state index in [1.165, 1.54) is 12.1 Å². The number of nitrogens with two attached hydrogens (primary N) is 1. The molecule has 0 aliphatic rings. The molecule has 2 aromatic rings. The smallest absolute Gasteiger partial charge is 0.258 e. The Kier molecular flexibility index (Phi) is 2.89. The summed E-state index contributed by atoms with van der Waals surface area (Å²) in [5.74, 6) is 0.0490. The summed E-state index contributed by atoms with van der Waals surface area (Å²) in [6.07, 6.45) is 0. The summed E-state index contributed by atoms with van der Waals surface area (Å²) in [6.45, 7) is 3.51. The van der Waals surface area contributed by atoms with Crippen molar-refractivity contribution in [1.82, 2.24) is 10.1 Å². The summed E-state index contributed by atoms with van der Waals surface area (Å²) in [5, 5.41) is 3.80. The zero-order chi connectivity index (χ0) is 12.6. The summed E-state index contributed by atoms with van der Waals surface area (Å²) < 4.78 is 18.3. The second-order valence-corrected chi connectivity index (χ2v) is 4.68. The second kappa shape index (κ2) is 4.09. The zero-order valence-corrected chi connectivity index (χ0v) is 10.1. The van der Waals surface area contributed by atoms with E-state index in [1.54, 1.807) is 19.9 Å². The number of halogens is 2. The SMILES string of the molecule is CC(C)(N)c1noc(-c2ccc(Cl)c(F)c2)n1. The molecule has 0 saturated carbocycles. The van der Waals surface area contributed by atoms with Crippen LogP contribution in [0.5, 0.6) is 0 Å². The summed E-state index contributed by atoms with van der Waals surface area (Å²) in [4.78, 5) is 4.11. The Hall–Kier alpha value is -1.46. The summed E-state index contributed by atoms with van der Waals surface area (Å²) in [5.41, 5.74) is 5.59. The lowest BCUT2D eigenvalue weighted by atomic mass is 10.1. The molecule has 1 aromatic carbocycles. The highest BCUT2D eigenvalue weighted by Crippen LogP contribution is 2.24. The van der Waals surface area contributed by atoms with Gasteiger partial charge in [0.1, 0.15) is 5.82 Å². The average Bonchev–Trinajstić information content (AvgIpc) is 2.70. The third-order valence-corrected chi connectivity index (χ3v) is 2.48. The van der Waals surface area contributed by atoms with Gasteiger partial charge in [0.05, 0.1) is 10.6 Å². The highest BCUT2D eigenvalue weighted by atomic mass is 35.5. The number of rotatable bonds is 2. The van der Waals surface area contributed by atoms with Crippen molar-refractivity contribution in [2.75, 3.05) is 0 Å². The van der Waals surface area contributed by atoms with Crippen LogP contribution >= 0.6 is 11.6 Å². The van der Waals surface area contributed by atoms with E-state index in [0.717, 1.165) is 0 Å². The summed E-state index contributed by atoms with van der Waals surface area (Å²) in [7, 11) is 0. The minimum Gasteiger partial charge on any atom is -0.334 e. The van der Waals surface area contributed by atoms with Crippen molar-refractivity contribution >= 4 is 11.6 Å². The van der Waals surface area contributed by atoms with Crippen LogP contribution in [0.1, 0.15) is 19.7 Å². The van der Waals surface area contributed by atoms with Crippen LogP contribution in [0.2, 0.25) is 5.02 Å². The molecule has 0 aliphatic carbocycles. The van der Waals surface area contributed by atoms with Gasteiger partial charge in [0, 0.05) is 5.56 Å². The molecule has 0 unspecified atom stereocenters. The van der Waals surface area contributed by atoms with E-state index in [1.807, 2.05) is 0 Å². The highest BCUT2D eigenvalue weighted by molar-refractivity contribution is 6.30. The minimum absolute atomic E-state index is 0.0487. The molecule has 2 N–H and O–H groups in total. The van der Waals surface area contributed by atoms with Crippen LogP contribution in [0.3, 0.4) is 0 Å². The topological polar surface area (TPSA) is 64.9 Å². The molecule has 4 nitrogen and oxygen atoms in total. The monoisotopic (exact) mass is 255 g/mol. The molecule has 0 aliphatic heterocycles. The molecule has 6 heteroatoms. The Morgan fingerprint density at radius 1 is 1.41 bits per heavy atom. The molecule has 2 rings (SSSR count). The molecule has 90 valence electrons. The Balaban J connectivity index is 2.40. The lowest BCUT2D eigenvalue weighted by Gasteiger charge is -2.11. The van der Waals surface area contributed by atoms with Gasteiger partial charge < -0.3 is 10.3 Å². The number of hydrogen-bond acceptors (Lipinski definition) is 4. The molecule has 0 atom stereocenters. The van der Waals surface area contributed by atoms with Gasteiger partial charge in [-0.3, -0.25) is 0 Å². The highest BCUT2D eigenvalue weighted by Gasteiger charge is 2.22. The zero-order valence-electron chi connectivity index (χ0n) is 9.37. The third-order valence-electron chi connectivity index (χ3n) is 2.17. The normalized spacial score (nSPS) is 11.8. The van der Waals surface area contributed by atoms with Crippen molar-refractivity contribution in [3.05, 3.63) is 34.9 Å². The number of benzene rings is 1. The standard InChI is InChI=1S/C11H11ClFN3O/c1-11(2,14)10-15-9(17-16-10)6-3-4-7(12)8(13)5-6/h3-5H,14H2,1-2H3. The third kappa shape index (κ3) is 2.45.